The van der Waals surface area contributed by atoms with Gasteiger partial charge in [-0.3, -0.25) is 0 Å². The topological polar surface area (TPSA) is 227 Å². The van der Waals surface area contributed by atoms with Gasteiger partial charge in [0, 0.05) is 50.0 Å². The Morgan fingerprint density at radius 2 is 1.37 bits per heavy atom. The molecule has 0 spiro atoms. The zero-order chi connectivity index (χ0) is 48.0. The number of imidazole rings is 2. The summed E-state index contributed by atoms with van der Waals surface area (Å²) in [5.74, 6) is 15.2. The maximum Gasteiger partial charge on any atom is 0.174 e. The molecule has 18 nitrogen and oxygen atoms in total. The largest absolute Gasteiger partial charge is 0.489 e. The van der Waals surface area contributed by atoms with E-state index >= 15 is 0 Å². The Kier molecular flexibility index (Phi) is 15.2. The summed E-state index contributed by atoms with van der Waals surface area (Å²) in [6, 6.07) is 0.529. The van der Waals surface area contributed by atoms with Crippen molar-refractivity contribution in [3.05, 3.63) is 35.7 Å². The summed E-state index contributed by atoms with van der Waals surface area (Å²) >= 11 is 0. The summed E-state index contributed by atoms with van der Waals surface area (Å²) in [6.45, 7) is 25.8. The average Bonchev–Trinajstić information content (AvgIpc) is 4.11. The summed E-state index contributed by atoms with van der Waals surface area (Å²) in [5, 5.41) is 35.9. The van der Waals surface area contributed by atoms with Crippen molar-refractivity contribution >= 4 is 27.8 Å². The molecule has 0 radical (unpaired) electrons. The third kappa shape index (κ3) is 11.6. The number of rotatable bonds is 12. The normalized spacial score (nSPS) is 17.0. The molecule has 5 N–H and O–H groups in total. The van der Waals surface area contributed by atoms with Crippen molar-refractivity contribution in [2.24, 2.45) is 11.8 Å². The van der Waals surface area contributed by atoms with Gasteiger partial charge in [-0.05, 0) is 111 Å². The minimum Gasteiger partial charge on any atom is -0.489 e. The molecule has 67 heavy (non-hydrogen) atoms. The molecular weight excluding hydrogens is 853 g/mol. The Labute approximate surface area is 392 Å². The first-order valence-electron chi connectivity index (χ1n) is 23.5. The number of hydrogen-bond acceptors (Lipinski definition) is 16. The van der Waals surface area contributed by atoms with Crippen LogP contribution in [-0.2, 0) is 13.1 Å². The number of pyridine rings is 2. The molecule has 6 aromatic heterocycles. The predicted molar refractivity (Wildman–Crippen MR) is 256 cm³/mol. The van der Waals surface area contributed by atoms with E-state index in [-0.39, 0.29) is 5.92 Å². The molecule has 2 aliphatic rings. The van der Waals surface area contributed by atoms with E-state index in [9.17, 15) is 10.2 Å². The fourth-order valence-electron chi connectivity index (χ4n) is 8.35. The van der Waals surface area contributed by atoms with Crippen LogP contribution in [0.1, 0.15) is 118 Å². The molecule has 2 aliphatic heterocycles. The van der Waals surface area contributed by atoms with E-state index in [1.807, 2.05) is 36.8 Å². The molecule has 2 unspecified atom stereocenters. The maximum absolute atomic E-state index is 10.1. The Morgan fingerprint density at radius 1 is 0.806 bits per heavy atom. The van der Waals surface area contributed by atoms with Gasteiger partial charge in [0.15, 0.2) is 34.5 Å². The molecule has 18 heteroatoms. The second-order valence-corrected chi connectivity index (χ2v) is 19.0. The molecule has 0 saturated carbocycles. The molecule has 6 aromatic rings. The van der Waals surface area contributed by atoms with E-state index in [4.69, 9.17) is 34.3 Å². The van der Waals surface area contributed by atoms with Gasteiger partial charge in [-0.1, -0.05) is 36.0 Å². The van der Waals surface area contributed by atoms with Gasteiger partial charge in [0.25, 0.3) is 0 Å². The fourth-order valence-corrected chi connectivity index (χ4v) is 8.35. The highest BCUT2D eigenvalue weighted by atomic mass is 16.6. The van der Waals surface area contributed by atoms with E-state index in [1.165, 1.54) is 12.7 Å². The van der Waals surface area contributed by atoms with Crippen LogP contribution in [0, 0.1) is 35.5 Å². The first kappa shape index (κ1) is 48.9. The molecule has 2 fully saturated rings. The minimum atomic E-state index is -1.15. The molecule has 0 bridgehead atoms. The molecule has 2 saturated heterocycles. The van der Waals surface area contributed by atoms with Crippen molar-refractivity contribution in [1.29, 1.82) is 0 Å². The van der Waals surface area contributed by atoms with Gasteiger partial charge in [-0.15, -0.1) is 0 Å². The first-order valence-corrected chi connectivity index (χ1v) is 23.5. The van der Waals surface area contributed by atoms with Crippen LogP contribution in [0.2, 0.25) is 0 Å². The summed E-state index contributed by atoms with van der Waals surface area (Å²) < 4.78 is 26.8. The van der Waals surface area contributed by atoms with E-state index in [0.717, 1.165) is 62.2 Å². The molecule has 2 atom stereocenters. The van der Waals surface area contributed by atoms with E-state index in [0.29, 0.717) is 107 Å². The lowest BCUT2D eigenvalue weighted by molar-refractivity contribution is 0.107. The molecule has 0 aliphatic carbocycles. The summed E-state index contributed by atoms with van der Waals surface area (Å²) in [7, 11) is 0. The number of fused-ring (bicyclic) bond motifs is 2. The number of aromatic nitrogens is 9. The van der Waals surface area contributed by atoms with E-state index in [1.54, 1.807) is 40.1 Å². The number of aryl methyl sites for hydroxylation is 2. The highest BCUT2D eigenvalue weighted by molar-refractivity contribution is 5.90. The van der Waals surface area contributed by atoms with Crippen LogP contribution in [0.4, 0.5) is 5.69 Å². The van der Waals surface area contributed by atoms with Gasteiger partial charge in [0.1, 0.15) is 62.3 Å². The van der Waals surface area contributed by atoms with Gasteiger partial charge < -0.3 is 49.3 Å². The van der Waals surface area contributed by atoms with Crippen LogP contribution in [0.25, 0.3) is 45.1 Å². The lowest BCUT2D eigenvalue weighted by Crippen LogP contribution is -2.41. The van der Waals surface area contributed by atoms with E-state index < -0.39 is 11.2 Å². The Morgan fingerprint density at radius 3 is 1.87 bits per heavy atom. The Hall–Kier alpha value is -6.05. The van der Waals surface area contributed by atoms with Crippen molar-refractivity contribution in [2.75, 3.05) is 45.1 Å². The number of nitrogens with one attached hydrogen (secondary N) is 1. The number of nitrogens with zero attached hydrogens (tertiary/aromatic N) is 10. The maximum atomic E-state index is 10.1. The van der Waals surface area contributed by atoms with Crippen molar-refractivity contribution in [2.45, 2.75) is 131 Å². The summed E-state index contributed by atoms with van der Waals surface area (Å²) in [5.41, 5.74) is 9.73. The number of ether oxygens (including phenoxy) is 2. The van der Waals surface area contributed by atoms with Crippen LogP contribution in [-0.4, -0.2) is 116 Å². The number of nitrogens with two attached hydrogens (primary N) is 1. The van der Waals surface area contributed by atoms with Gasteiger partial charge in [-0.2, -0.15) is 0 Å². The number of piperidine rings is 2. The van der Waals surface area contributed by atoms with Gasteiger partial charge >= 0.3 is 0 Å². The number of likely N-dealkylation sites (tertiary alicyclic amines) is 1. The number of hydrogen-bond donors (Lipinski definition) is 4. The Balaban J connectivity index is 0.000000199. The van der Waals surface area contributed by atoms with Crippen molar-refractivity contribution in [3.8, 4) is 58.2 Å². The number of nitrogen functional groups attached to an aromatic ring is 1. The van der Waals surface area contributed by atoms with Crippen molar-refractivity contribution < 1.29 is 28.8 Å². The minimum absolute atomic E-state index is 0.124. The van der Waals surface area contributed by atoms with E-state index in [2.05, 4.69) is 73.2 Å². The molecular formula is C49H66N12O6. The molecule has 8 rings (SSSR count). The SMILES string of the molecule is CCn1c(-c2nocc2N)nc2c(C#CC(C)(C)O)ncc(OCC3CCCN(C(C)C)C3)c21.CCn1c(-c2nonc2C(C)C)nc2c(C#CC(C)(C)O)ncc(OCC3CCCNC3)c21. The quantitative estimate of drug-likeness (QED) is 0.0970. The molecule has 358 valence electrons. The monoisotopic (exact) mass is 919 g/mol. The average molecular weight is 919 g/mol. The zero-order valence-corrected chi connectivity index (χ0v) is 40.6. The number of aliphatic hydroxyl groups is 2. The number of anilines is 1. The third-order valence-corrected chi connectivity index (χ3v) is 11.8. The highest BCUT2D eigenvalue weighted by Gasteiger charge is 2.28. The van der Waals surface area contributed by atoms with Gasteiger partial charge in [0.2, 0.25) is 0 Å². The first-order chi connectivity index (χ1) is 32.0. The standard InChI is InChI=1S/C25H34N6O3.C24H32N6O3/c1-6-31-23-20(33-14-17-8-7-11-30(13-17)16(2)3)12-27-19(9-10-25(4,5)32)22(23)28-24(31)21-18(26)15-34-29-21;1-6-30-22-18(32-14-16-8-7-11-25-12-16)13-26-17(9-10-24(4,5)31)20(22)27-23(30)21-19(15(2)3)28-33-29-21/h12,15-17,32H,6-8,11,13-14,26H2,1-5H3;13,15-16,25,31H,6-8,11-12,14H2,1-5H3. The van der Waals surface area contributed by atoms with Crippen LogP contribution in [0.3, 0.4) is 0 Å². The summed E-state index contributed by atoms with van der Waals surface area (Å²) in [6.07, 6.45) is 9.40. The summed E-state index contributed by atoms with van der Waals surface area (Å²) in [4.78, 5) is 21.3. The second-order valence-electron chi connectivity index (χ2n) is 19.0. The second kappa shape index (κ2) is 20.9. The predicted octanol–water partition coefficient (Wildman–Crippen LogP) is 6.44. The lowest BCUT2D eigenvalue weighted by Gasteiger charge is -2.35. The smallest absolute Gasteiger partial charge is 0.174 e. The van der Waals surface area contributed by atoms with Crippen molar-refractivity contribution in [1.82, 2.24) is 54.8 Å². The zero-order valence-electron chi connectivity index (χ0n) is 40.6. The fraction of sp³-hybridized carbons (Fsp3) is 0.571. The molecule has 0 amide bonds. The highest BCUT2D eigenvalue weighted by Crippen LogP contribution is 2.36. The van der Waals surface area contributed by atoms with Crippen molar-refractivity contribution in [3.63, 3.8) is 0 Å². The Bertz CT molecular complexity index is 2760. The van der Waals surface area contributed by atoms with Crippen LogP contribution in [0.15, 0.2) is 27.8 Å². The van der Waals surface area contributed by atoms with Gasteiger partial charge in [-0.25, -0.2) is 24.6 Å². The molecule has 0 aromatic carbocycles. The van der Waals surface area contributed by atoms with Crippen LogP contribution >= 0.6 is 0 Å². The van der Waals surface area contributed by atoms with Gasteiger partial charge in [0.05, 0.1) is 25.6 Å². The van der Waals surface area contributed by atoms with Crippen LogP contribution in [0.5, 0.6) is 11.5 Å². The van der Waals surface area contributed by atoms with Crippen LogP contribution < -0.4 is 20.5 Å². The lowest BCUT2D eigenvalue weighted by atomic mass is 9.98. The third-order valence-electron chi connectivity index (χ3n) is 11.8. The molecule has 8 heterocycles.